The number of nitrogens with zero attached hydrogens (tertiary/aromatic N) is 2. The SMILES string of the molecule is N\C(=N/N=C\C=C\c1ccco1)c1ccccc1. The lowest BCUT2D eigenvalue weighted by molar-refractivity contribution is 0.557. The van der Waals surface area contributed by atoms with Crippen LogP contribution in [0.4, 0.5) is 0 Å². The average Bonchev–Trinajstić information content (AvgIpc) is 2.92. The maximum Gasteiger partial charge on any atom is 0.153 e. The summed E-state index contributed by atoms with van der Waals surface area (Å²) in [5.74, 6) is 1.15. The number of benzene rings is 1. The maximum atomic E-state index is 5.77. The topological polar surface area (TPSA) is 63.9 Å². The van der Waals surface area contributed by atoms with Crippen molar-refractivity contribution in [2.45, 2.75) is 0 Å². The Kier molecular flexibility index (Phi) is 4.08. The molecular weight excluding hydrogens is 226 g/mol. The summed E-state index contributed by atoms with van der Waals surface area (Å²) < 4.78 is 5.12. The molecule has 18 heavy (non-hydrogen) atoms. The van der Waals surface area contributed by atoms with Gasteiger partial charge in [-0.2, -0.15) is 5.10 Å². The zero-order valence-corrected chi connectivity index (χ0v) is 9.73. The van der Waals surface area contributed by atoms with Crippen molar-refractivity contribution < 1.29 is 4.42 Å². The van der Waals surface area contributed by atoms with E-state index in [1.165, 1.54) is 0 Å². The van der Waals surface area contributed by atoms with E-state index in [9.17, 15) is 0 Å². The minimum atomic E-state index is 0.387. The van der Waals surface area contributed by atoms with E-state index < -0.39 is 0 Å². The zero-order valence-electron chi connectivity index (χ0n) is 9.73. The Labute approximate surface area is 105 Å². The number of nitrogens with two attached hydrogens (primary N) is 1. The minimum absolute atomic E-state index is 0.387. The van der Waals surface area contributed by atoms with Crippen molar-refractivity contribution in [3.8, 4) is 0 Å². The van der Waals surface area contributed by atoms with E-state index in [0.717, 1.165) is 11.3 Å². The first-order valence-electron chi connectivity index (χ1n) is 5.48. The molecule has 0 spiro atoms. The van der Waals surface area contributed by atoms with Crippen molar-refractivity contribution in [3.63, 3.8) is 0 Å². The minimum Gasteiger partial charge on any atom is -0.465 e. The van der Waals surface area contributed by atoms with Crippen molar-refractivity contribution in [2.75, 3.05) is 0 Å². The summed E-state index contributed by atoms with van der Waals surface area (Å²) in [4.78, 5) is 0. The standard InChI is InChI=1S/C14H13N3O/c15-14(12-6-2-1-3-7-12)17-16-10-4-8-13-9-5-11-18-13/h1-11H,(H2,15,17)/b8-4+,16-10-. The molecule has 0 aliphatic rings. The first kappa shape index (κ1) is 11.9. The van der Waals surface area contributed by atoms with E-state index in [-0.39, 0.29) is 0 Å². The van der Waals surface area contributed by atoms with Crippen LogP contribution >= 0.6 is 0 Å². The predicted octanol–water partition coefficient (Wildman–Crippen LogP) is 2.68. The van der Waals surface area contributed by atoms with Gasteiger partial charge in [0.15, 0.2) is 5.84 Å². The summed E-state index contributed by atoms with van der Waals surface area (Å²) >= 11 is 0. The molecule has 0 aliphatic carbocycles. The van der Waals surface area contributed by atoms with Crippen molar-refractivity contribution in [1.82, 2.24) is 0 Å². The van der Waals surface area contributed by atoms with Gasteiger partial charge in [0.05, 0.1) is 6.26 Å². The van der Waals surface area contributed by atoms with Gasteiger partial charge in [-0.25, -0.2) is 0 Å². The van der Waals surface area contributed by atoms with Gasteiger partial charge in [0.25, 0.3) is 0 Å². The van der Waals surface area contributed by atoms with Gasteiger partial charge in [-0.15, -0.1) is 5.10 Å². The molecule has 0 amide bonds. The highest BCUT2D eigenvalue weighted by molar-refractivity contribution is 5.97. The summed E-state index contributed by atoms with van der Waals surface area (Å²) in [6.07, 6.45) is 6.69. The molecule has 0 saturated carbocycles. The first-order valence-corrected chi connectivity index (χ1v) is 5.48. The largest absolute Gasteiger partial charge is 0.465 e. The molecule has 2 aromatic rings. The number of rotatable bonds is 4. The Morgan fingerprint density at radius 1 is 1.11 bits per heavy atom. The van der Waals surface area contributed by atoms with Crippen LogP contribution in [-0.4, -0.2) is 12.1 Å². The van der Waals surface area contributed by atoms with E-state index in [4.69, 9.17) is 10.2 Å². The Balaban J connectivity index is 1.94. The van der Waals surface area contributed by atoms with Gasteiger partial charge in [0, 0.05) is 11.8 Å². The molecule has 4 heteroatoms. The van der Waals surface area contributed by atoms with Gasteiger partial charge in [-0.3, -0.25) is 0 Å². The summed E-state index contributed by atoms with van der Waals surface area (Å²) in [5.41, 5.74) is 6.62. The van der Waals surface area contributed by atoms with E-state index in [1.807, 2.05) is 42.5 Å². The fourth-order valence-corrected chi connectivity index (χ4v) is 1.32. The Bertz CT molecular complexity index is 554. The normalized spacial score (nSPS) is 12.6. The molecule has 0 radical (unpaired) electrons. The molecule has 1 heterocycles. The lowest BCUT2D eigenvalue weighted by Gasteiger charge is -1.95. The molecule has 1 aromatic heterocycles. The second kappa shape index (κ2) is 6.20. The molecule has 2 rings (SSSR count). The highest BCUT2D eigenvalue weighted by atomic mass is 16.3. The van der Waals surface area contributed by atoms with E-state index >= 15 is 0 Å². The Morgan fingerprint density at radius 3 is 2.67 bits per heavy atom. The van der Waals surface area contributed by atoms with Crippen LogP contribution in [0.25, 0.3) is 6.08 Å². The summed E-state index contributed by atoms with van der Waals surface area (Å²) in [7, 11) is 0. The van der Waals surface area contributed by atoms with Crippen molar-refractivity contribution in [3.05, 3.63) is 66.1 Å². The van der Waals surface area contributed by atoms with Crippen LogP contribution in [0.5, 0.6) is 0 Å². The lowest BCUT2D eigenvalue weighted by atomic mass is 10.2. The highest BCUT2D eigenvalue weighted by Gasteiger charge is 1.93. The quantitative estimate of drug-likeness (QED) is 0.506. The van der Waals surface area contributed by atoms with E-state index in [2.05, 4.69) is 10.2 Å². The van der Waals surface area contributed by atoms with Crippen molar-refractivity contribution in [2.24, 2.45) is 15.9 Å². The molecule has 90 valence electrons. The molecule has 0 bridgehead atoms. The monoisotopic (exact) mass is 239 g/mol. The fourth-order valence-electron chi connectivity index (χ4n) is 1.32. The Morgan fingerprint density at radius 2 is 1.94 bits per heavy atom. The summed E-state index contributed by atoms with van der Waals surface area (Å²) in [6, 6.07) is 13.2. The molecule has 1 aromatic carbocycles. The molecular formula is C14H13N3O. The smallest absolute Gasteiger partial charge is 0.153 e. The lowest BCUT2D eigenvalue weighted by Crippen LogP contribution is -2.12. The molecule has 0 unspecified atom stereocenters. The van der Waals surface area contributed by atoms with Gasteiger partial charge in [-0.1, -0.05) is 30.3 Å². The molecule has 4 nitrogen and oxygen atoms in total. The van der Waals surface area contributed by atoms with Crippen LogP contribution in [0.1, 0.15) is 11.3 Å². The Hall–Kier alpha value is -2.62. The van der Waals surface area contributed by atoms with E-state index in [1.54, 1.807) is 24.6 Å². The second-order valence-electron chi connectivity index (χ2n) is 3.49. The number of hydrogen-bond acceptors (Lipinski definition) is 3. The predicted molar refractivity (Wildman–Crippen MR) is 73.4 cm³/mol. The van der Waals surface area contributed by atoms with Crippen molar-refractivity contribution in [1.29, 1.82) is 0 Å². The second-order valence-corrected chi connectivity index (χ2v) is 3.49. The number of amidine groups is 1. The molecule has 0 aliphatic heterocycles. The maximum absolute atomic E-state index is 5.77. The van der Waals surface area contributed by atoms with Crippen LogP contribution < -0.4 is 5.73 Å². The summed E-state index contributed by atoms with van der Waals surface area (Å²) in [5, 5.41) is 7.75. The van der Waals surface area contributed by atoms with Crippen molar-refractivity contribution >= 4 is 18.1 Å². The molecule has 0 saturated heterocycles. The number of furan rings is 1. The van der Waals surface area contributed by atoms with Crippen LogP contribution in [0.3, 0.4) is 0 Å². The first-order chi connectivity index (χ1) is 8.86. The van der Waals surface area contributed by atoms with Gasteiger partial charge in [-0.05, 0) is 24.3 Å². The fraction of sp³-hybridized carbons (Fsp3) is 0. The summed E-state index contributed by atoms with van der Waals surface area (Å²) in [6.45, 7) is 0. The number of hydrogen-bond donors (Lipinski definition) is 1. The van der Waals surface area contributed by atoms with Crippen LogP contribution in [0.15, 0.2) is 69.4 Å². The highest BCUT2D eigenvalue weighted by Crippen LogP contribution is 2.01. The van der Waals surface area contributed by atoms with Crippen LogP contribution in [0.2, 0.25) is 0 Å². The third kappa shape index (κ3) is 3.45. The molecule has 0 atom stereocenters. The van der Waals surface area contributed by atoms with Gasteiger partial charge in [0.1, 0.15) is 5.76 Å². The molecule has 2 N–H and O–H groups in total. The van der Waals surface area contributed by atoms with Gasteiger partial charge in [0.2, 0.25) is 0 Å². The van der Waals surface area contributed by atoms with Crippen LogP contribution in [0, 0.1) is 0 Å². The molecule has 0 fully saturated rings. The average molecular weight is 239 g/mol. The third-order valence-electron chi connectivity index (χ3n) is 2.19. The van der Waals surface area contributed by atoms with Gasteiger partial charge >= 0.3 is 0 Å². The third-order valence-corrected chi connectivity index (χ3v) is 2.19. The number of allylic oxidation sites excluding steroid dienone is 1. The van der Waals surface area contributed by atoms with E-state index in [0.29, 0.717) is 5.84 Å². The van der Waals surface area contributed by atoms with Crippen LogP contribution in [-0.2, 0) is 0 Å². The zero-order chi connectivity index (χ0) is 12.6. The van der Waals surface area contributed by atoms with Gasteiger partial charge < -0.3 is 10.2 Å².